The third-order valence-corrected chi connectivity index (χ3v) is 0.551. The molecule has 0 saturated carbocycles. The summed E-state index contributed by atoms with van der Waals surface area (Å²) in [5, 5.41) is 2.20. The maximum absolute atomic E-state index is 9.73. The van der Waals surface area contributed by atoms with Crippen LogP contribution in [0.2, 0.25) is 0 Å². The molecule has 1 N–H and O–H groups in total. The van der Waals surface area contributed by atoms with Crippen molar-refractivity contribution in [3.8, 4) is 0 Å². The second kappa shape index (κ2) is 4.70. The van der Waals surface area contributed by atoms with Crippen LogP contribution in [0.5, 0.6) is 0 Å². The molecule has 0 heterocycles. The molecule has 0 radical (unpaired) electrons. The lowest BCUT2D eigenvalue weighted by Crippen LogP contribution is -2.18. The molecule has 0 atom stereocenters. The maximum atomic E-state index is 9.73. The van der Waals surface area contributed by atoms with Crippen LogP contribution in [0.3, 0.4) is 0 Å². The van der Waals surface area contributed by atoms with Gasteiger partial charge in [0.2, 0.25) is 12.4 Å². The first-order valence-corrected chi connectivity index (χ1v) is 2.20. The Hall–Kier alpha value is -1.45. The van der Waals surface area contributed by atoms with Crippen LogP contribution >= 0.6 is 0 Å². The standard InChI is InChI=1S/C5H7N3O/c1-3-7-5(6-2)8-4-9/h3-4H,1-2H2,(H,7,8,9). The summed E-state index contributed by atoms with van der Waals surface area (Å²) in [6, 6.07) is 0. The Balaban J connectivity index is 3.95. The molecule has 1 amide bonds. The third-order valence-electron chi connectivity index (χ3n) is 0.551. The Labute approximate surface area is 53.0 Å². The number of nitrogens with zero attached hydrogens (tertiary/aromatic N) is 2. The van der Waals surface area contributed by atoms with Gasteiger partial charge in [-0.2, -0.15) is 0 Å². The number of aliphatic imine (C=N–C) groups is 2. The number of carbonyl (C=O) groups is 1. The fourth-order valence-electron chi connectivity index (χ4n) is 0.263. The van der Waals surface area contributed by atoms with Crippen LogP contribution in [0, 0.1) is 0 Å². The van der Waals surface area contributed by atoms with Gasteiger partial charge in [-0.1, -0.05) is 6.58 Å². The van der Waals surface area contributed by atoms with Crippen LogP contribution in [-0.4, -0.2) is 19.1 Å². The summed E-state index contributed by atoms with van der Waals surface area (Å²) in [4.78, 5) is 16.6. The van der Waals surface area contributed by atoms with Crippen LogP contribution < -0.4 is 5.32 Å². The summed E-state index contributed by atoms with van der Waals surface area (Å²) in [5.74, 6) is 0.153. The van der Waals surface area contributed by atoms with Gasteiger partial charge in [0, 0.05) is 6.20 Å². The minimum atomic E-state index is 0.153. The van der Waals surface area contributed by atoms with E-state index in [-0.39, 0.29) is 5.96 Å². The van der Waals surface area contributed by atoms with Crippen LogP contribution in [0.4, 0.5) is 0 Å². The van der Waals surface area contributed by atoms with E-state index < -0.39 is 0 Å². The van der Waals surface area contributed by atoms with Gasteiger partial charge in [-0.15, -0.1) is 0 Å². The molecule has 0 spiro atoms. The first kappa shape index (κ1) is 7.55. The molecule has 0 saturated heterocycles. The number of carbonyl (C=O) groups excluding carboxylic acids is 1. The number of hydrogen-bond donors (Lipinski definition) is 1. The summed E-state index contributed by atoms with van der Waals surface area (Å²) in [6.07, 6.45) is 1.73. The molecule has 0 fully saturated rings. The second-order valence-corrected chi connectivity index (χ2v) is 1.06. The highest BCUT2D eigenvalue weighted by molar-refractivity contribution is 5.91. The van der Waals surface area contributed by atoms with Crippen LogP contribution in [-0.2, 0) is 4.79 Å². The fourth-order valence-corrected chi connectivity index (χ4v) is 0.263. The Morgan fingerprint density at radius 3 is 2.67 bits per heavy atom. The van der Waals surface area contributed by atoms with E-state index >= 15 is 0 Å². The van der Waals surface area contributed by atoms with Crippen molar-refractivity contribution in [2.24, 2.45) is 9.98 Å². The maximum Gasteiger partial charge on any atom is 0.228 e. The van der Waals surface area contributed by atoms with E-state index in [4.69, 9.17) is 0 Å². The van der Waals surface area contributed by atoms with Crippen LogP contribution in [0.25, 0.3) is 0 Å². The molecule has 0 aliphatic carbocycles. The molecule has 48 valence electrons. The highest BCUT2D eigenvalue weighted by Crippen LogP contribution is 1.72. The summed E-state index contributed by atoms with van der Waals surface area (Å²) in [5.41, 5.74) is 0. The van der Waals surface area contributed by atoms with Gasteiger partial charge in [-0.05, 0) is 6.72 Å². The normalized spacial score (nSPS) is 10.0. The lowest BCUT2D eigenvalue weighted by molar-refractivity contribution is -0.108. The minimum absolute atomic E-state index is 0.153. The van der Waals surface area contributed by atoms with E-state index in [0.717, 1.165) is 0 Å². The average molecular weight is 125 g/mol. The smallest absolute Gasteiger partial charge is 0.228 e. The Kier molecular flexibility index (Phi) is 3.95. The van der Waals surface area contributed by atoms with Crippen molar-refractivity contribution in [3.63, 3.8) is 0 Å². The molecule has 0 aliphatic rings. The predicted octanol–water partition coefficient (Wildman–Crippen LogP) is -0.0675. The van der Waals surface area contributed by atoms with E-state index in [9.17, 15) is 4.79 Å². The lowest BCUT2D eigenvalue weighted by atomic mass is 10.9. The zero-order valence-electron chi connectivity index (χ0n) is 4.87. The molecular formula is C5H7N3O. The van der Waals surface area contributed by atoms with Crippen molar-refractivity contribution < 1.29 is 4.79 Å². The number of guanidine groups is 1. The van der Waals surface area contributed by atoms with Crippen molar-refractivity contribution in [2.75, 3.05) is 0 Å². The summed E-state index contributed by atoms with van der Waals surface area (Å²) in [7, 11) is 0. The van der Waals surface area contributed by atoms with E-state index in [0.29, 0.717) is 6.41 Å². The number of rotatable bonds is 2. The molecule has 0 rings (SSSR count). The first-order valence-electron chi connectivity index (χ1n) is 2.20. The average Bonchev–Trinajstić information content (AvgIpc) is 1.88. The molecule has 0 aromatic heterocycles. The predicted molar refractivity (Wildman–Crippen MR) is 36.4 cm³/mol. The topological polar surface area (TPSA) is 53.8 Å². The molecule has 0 unspecified atom stereocenters. The van der Waals surface area contributed by atoms with Crippen molar-refractivity contribution in [2.45, 2.75) is 0 Å². The first-order chi connectivity index (χ1) is 4.35. The van der Waals surface area contributed by atoms with Gasteiger partial charge in [0.15, 0.2) is 0 Å². The molecule has 0 aromatic carbocycles. The van der Waals surface area contributed by atoms with Crippen LogP contribution in [0.15, 0.2) is 22.8 Å². The van der Waals surface area contributed by atoms with Gasteiger partial charge >= 0.3 is 0 Å². The molecule has 0 bridgehead atoms. The summed E-state index contributed by atoms with van der Waals surface area (Å²) < 4.78 is 0. The Bertz CT molecular complexity index is 150. The van der Waals surface area contributed by atoms with E-state index in [2.05, 4.69) is 28.6 Å². The van der Waals surface area contributed by atoms with Gasteiger partial charge in [0.25, 0.3) is 0 Å². The van der Waals surface area contributed by atoms with Crippen molar-refractivity contribution in [3.05, 3.63) is 12.8 Å². The molecular weight excluding hydrogens is 118 g/mol. The number of amides is 1. The van der Waals surface area contributed by atoms with Gasteiger partial charge in [0.05, 0.1) is 0 Å². The molecule has 4 heteroatoms. The molecule has 0 aliphatic heterocycles. The second-order valence-electron chi connectivity index (χ2n) is 1.06. The molecule has 0 aromatic rings. The highest BCUT2D eigenvalue weighted by Gasteiger charge is 1.84. The van der Waals surface area contributed by atoms with Crippen LogP contribution in [0.1, 0.15) is 0 Å². The zero-order valence-corrected chi connectivity index (χ0v) is 4.87. The van der Waals surface area contributed by atoms with Crippen molar-refractivity contribution >= 4 is 19.1 Å². The number of nitrogens with one attached hydrogen (secondary N) is 1. The van der Waals surface area contributed by atoms with E-state index in [1.54, 1.807) is 0 Å². The fraction of sp³-hybridized carbons (Fsp3) is 0. The van der Waals surface area contributed by atoms with Crippen molar-refractivity contribution in [1.29, 1.82) is 0 Å². The van der Waals surface area contributed by atoms with E-state index in [1.807, 2.05) is 0 Å². The number of hydrogen-bond acceptors (Lipinski definition) is 2. The summed E-state index contributed by atoms with van der Waals surface area (Å²) in [6.45, 7) is 6.45. The highest BCUT2D eigenvalue weighted by atomic mass is 16.1. The monoisotopic (exact) mass is 125 g/mol. The van der Waals surface area contributed by atoms with E-state index in [1.165, 1.54) is 6.20 Å². The Morgan fingerprint density at radius 1 is 1.67 bits per heavy atom. The molecule has 4 nitrogen and oxygen atoms in total. The third kappa shape index (κ3) is 3.16. The zero-order chi connectivity index (χ0) is 7.11. The largest absolute Gasteiger partial charge is 0.297 e. The quantitative estimate of drug-likeness (QED) is 0.313. The van der Waals surface area contributed by atoms with Crippen molar-refractivity contribution in [1.82, 2.24) is 5.32 Å². The minimum Gasteiger partial charge on any atom is -0.297 e. The van der Waals surface area contributed by atoms with Gasteiger partial charge < -0.3 is 0 Å². The SMILES string of the molecule is C=CN=C(N=C)NC=O. The van der Waals surface area contributed by atoms with Gasteiger partial charge in [-0.25, -0.2) is 9.98 Å². The lowest BCUT2D eigenvalue weighted by Gasteiger charge is -1.90. The van der Waals surface area contributed by atoms with Gasteiger partial charge in [0.1, 0.15) is 0 Å². The Morgan fingerprint density at radius 2 is 2.33 bits per heavy atom. The molecule has 9 heavy (non-hydrogen) atoms. The summed E-state index contributed by atoms with van der Waals surface area (Å²) >= 11 is 0. The van der Waals surface area contributed by atoms with Gasteiger partial charge in [-0.3, -0.25) is 10.1 Å².